The van der Waals surface area contributed by atoms with Gasteiger partial charge in [-0.15, -0.1) is 11.8 Å². The van der Waals surface area contributed by atoms with Gasteiger partial charge < -0.3 is 25.3 Å². The quantitative estimate of drug-likeness (QED) is 0.435. The number of nitrogen functional groups attached to an aromatic ring is 1. The fraction of sp³-hybridized carbons (Fsp3) is 0.538. The Morgan fingerprint density at radius 2 is 1.89 bits per heavy atom. The number of thioether (sulfide) groups is 1. The van der Waals surface area contributed by atoms with Crippen molar-refractivity contribution in [3.05, 3.63) is 27.7 Å². The lowest BCUT2D eigenvalue weighted by Crippen LogP contribution is -2.20. The molecular formula is C13H22N4O7P2S. The second kappa shape index (κ2) is 8.59. The van der Waals surface area contributed by atoms with E-state index in [0.29, 0.717) is 30.5 Å². The molecule has 0 aromatic carbocycles. The summed E-state index contributed by atoms with van der Waals surface area (Å²) in [7, 11) is -9.93. The van der Waals surface area contributed by atoms with Crippen molar-refractivity contribution in [3.8, 4) is 0 Å². The SMILES string of the molecule is CC1=C(CCOP(=O)(O)OP(=O)(O)O)SCN1Cc1c(C)nc(C)nc1N. The van der Waals surface area contributed by atoms with E-state index in [1.807, 2.05) is 13.8 Å². The van der Waals surface area contributed by atoms with Gasteiger partial charge in [0.25, 0.3) is 0 Å². The zero-order chi connectivity index (χ0) is 20.4. The first-order valence-corrected chi connectivity index (χ1v) is 11.8. The molecule has 27 heavy (non-hydrogen) atoms. The van der Waals surface area contributed by atoms with Gasteiger partial charge in [0.1, 0.15) is 11.6 Å². The Labute approximate surface area is 160 Å². The third-order valence-corrected chi connectivity index (χ3v) is 7.25. The van der Waals surface area contributed by atoms with E-state index in [9.17, 15) is 14.0 Å². The lowest BCUT2D eigenvalue weighted by Gasteiger charge is -2.21. The van der Waals surface area contributed by atoms with Gasteiger partial charge in [0.2, 0.25) is 0 Å². The Bertz CT molecular complexity index is 821. The van der Waals surface area contributed by atoms with Gasteiger partial charge in [0, 0.05) is 34.8 Å². The van der Waals surface area contributed by atoms with Crippen molar-refractivity contribution >= 4 is 33.2 Å². The van der Waals surface area contributed by atoms with Crippen molar-refractivity contribution in [1.29, 1.82) is 0 Å². The van der Waals surface area contributed by atoms with E-state index in [0.717, 1.165) is 21.9 Å². The average molecular weight is 440 g/mol. The summed E-state index contributed by atoms with van der Waals surface area (Å²) in [4.78, 5) is 38.0. The maximum absolute atomic E-state index is 11.5. The zero-order valence-electron chi connectivity index (χ0n) is 15.0. The molecule has 14 heteroatoms. The zero-order valence-corrected chi connectivity index (χ0v) is 17.6. The number of nitrogens with two attached hydrogens (primary N) is 1. The van der Waals surface area contributed by atoms with Gasteiger partial charge in [-0.05, 0) is 20.8 Å². The third-order valence-electron chi connectivity index (χ3n) is 3.77. The number of hydrogen-bond donors (Lipinski definition) is 4. The van der Waals surface area contributed by atoms with Crippen LogP contribution in [0.5, 0.6) is 0 Å². The minimum absolute atomic E-state index is 0.226. The van der Waals surface area contributed by atoms with Crippen LogP contribution in [0.25, 0.3) is 0 Å². The summed E-state index contributed by atoms with van der Waals surface area (Å²) in [5.74, 6) is 1.70. The van der Waals surface area contributed by atoms with Gasteiger partial charge in [-0.2, -0.15) is 4.31 Å². The van der Waals surface area contributed by atoms with Crippen LogP contribution < -0.4 is 5.73 Å². The third kappa shape index (κ3) is 6.55. The van der Waals surface area contributed by atoms with Crippen LogP contribution in [0.15, 0.2) is 10.6 Å². The summed E-state index contributed by atoms with van der Waals surface area (Å²) in [6.45, 7) is 5.85. The van der Waals surface area contributed by atoms with Gasteiger partial charge in [0.15, 0.2) is 0 Å². The van der Waals surface area contributed by atoms with E-state index in [2.05, 4.69) is 23.7 Å². The Kier molecular flexibility index (Phi) is 7.10. The molecule has 0 saturated carbocycles. The molecular weight excluding hydrogens is 418 g/mol. The molecule has 2 rings (SSSR count). The lowest BCUT2D eigenvalue weighted by molar-refractivity contribution is 0.180. The maximum Gasteiger partial charge on any atom is 0.481 e. The van der Waals surface area contributed by atoms with Gasteiger partial charge in [-0.1, -0.05) is 0 Å². The second-order valence-corrected chi connectivity index (χ2v) is 9.69. The molecule has 0 bridgehead atoms. The Balaban J connectivity index is 1.98. The molecule has 2 heterocycles. The van der Waals surface area contributed by atoms with Gasteiger partial charge in [-0.25, -0.2) is 19.1 Å². The predicted molar refractivity (Wildman–Crippen MR) is 100 cm³/mol. The number of phosphoric acid groups is 2. The van der Waals surface area contributed by atoms with Crippen LogP contribution in [0.4, 0.5) is 5.82 Å². The number of phosphoric ester groups is 1. The average Bonchev–Trinajstić information content (AvgIpc) is 2.81. The van der Waals surface area contributed by atoms with Crippen LogP contribution in [0.2, 0.25) is 0 Å². The Morgan fingerprint density at radius 3 is 2.48 bits per heavy atom. The largest absolute Gasteiger partial charge is 0.481 e. The summed E-state index contributed by atoms with van der Waals surface area (Å²) in [5.41, 5.74) is 8.60. The first-order valence-electron chi connectivity index (χ1n) is 7.79. The number of anilines is 1. The molecule has 1 atom stereocenters. The number of allylic oxidation sites excluding steroid dienone is 1. The summed E-state index contributed by atoms with van der Waals surface area (Å²) in [5, 5.41) is 0. The number of rotatable bonds is 8. The molecule has 0 radical (unpaired) electrons. The first-order chi connectivity index (χ1) is 12.4. The van der Waals surface area contributed by atoms with Crippen molar-refractivity contribution in [3.63, 3.8) is 0 Å². The van der Waals surface area contributed by atoms with Crippen molar-refractivity contribution in [2.75, 3.05) is 18.2 Å². The molecule has 0 fully saturated rings. The summed E-state index contributed by atoms with van der Waals surface area (Å²) < 4.78 is 30.4. The van der Waals surface area contributed by atoms with E-state index in [1.54, 1.807) is 6.92 Å². The standard InChI is InChI=1S/C13H22N4O7P2S/c1-8-11(13(14)16-10(3)15-8)6-17-7-27-12(9(17)2)4-5-23-26(21,22)24-25(18,19)20/h4-7H2,1-3H3,(H,21,22)(H2,14,15,16)(H2,18,19,20). The van der Waals surface area contributed by atoms with Crippen LogP contribution in [0.1, 0.15) is 30.4 Å². The Morgan fingerprint density at radius 1 is 1.22 bits per heavy atom. The summed E-state index contributed by atoms with van der Waals surface area (Å²) in [6, 6.07) is 0. The van der Waals surface area contributed by atoms with E-state index < -0.39 is 15.6 Å². The van der Waals surface area contributed by atoms with Crippen LogP contribution in [-0.4, -0.2) is 42.0 Å². The number of hydrogen-bond acceptors (Lipinski definition) is 9. The van der Waals surface area contributed by atoms with Crippen LogP contribution in [0, 0.1) is 13.8 Å². The molecule has 1 aliphatic heterocycles. The minimum atomic E-state index is -5.11. The topological polar surface area (TPSA) is 168 Å². The van der Waals surface area contributed by atoms with Crippen molar-refractivity contribution in [2.24, 2.45) is 0 Å². The fourth-order valence-corrected chi connectivity index (χ4v) is 5.26. The van der Waals surface area contributed by atoms with Crippen LogP contribution >= 0.6 is 27.4 Å². The highest BCUT2D eigenvalue weighted by molar-refractivity contribution is 8.03. The molecule has 1 aromatic rings. The Hall–Kier alpha value is -0.970. The molecule has 1 aliphatic rings. The fourth-order valence-electron chi connectivity index (χ4n) is 2.51. The predicted octanol–water partition coefficient (Wildman–Crippen LogP) is 2.03. The van der Waals surface area contributed by atoms with Gasteiger partial charge >= 0.3 is 15.6 Å². The maximum atomic E-state index is 11.5. The van der Waals surface area contributed by atoms with Crippen LogP contribution in [0.3, 0.4) is 0 Å². The number of aromatic nitrogens is 2. The van der Waals surface area contributed by atoms with Crippen molar-refractivity contribution < 1.29 is 32.6 Å². The van der Waals surface area contributed by atoms with E-state index >= 15 is 0 Å². The highest BCUT2D eigenvalue weighted by atomic mass is 32.2. The monoisotopic (exact) mass is 440 g/mol. The van der Waals surface area contributed by atoms with Gasteiger partial charge in [0.05, 0.1) is 12.5 Å². The molecule has 5 N–H and O–H groups in total. The van der Waals surface area contributed by atoms with E-state index in [4.69, 9.17) is 15.5 Å². The summed E-state index contributed by atoms with van der Waals surface area (Å²) in [6.07, 6.45) is 0.293. The van der Waals surface area contributed by atoms with E-state index in [-0.39, 0.29) is 6.61 Å². The number of nitrogens with zero attached hydrogens (tertiary/aromatic N) is 3. The van der Waals surface area contributed by atoms with E-state index in [1.165, 1.54) is 11.8 Å². The van der Waals surface area contributed by atoms with Crippen molar-refractivity contribution in [1.82, 2.24) is 14.9 Å². The molecule has 0 amide bonds. The molecule has 0 saturated heterocycles. The normalized spacial score (nSPS) is 17.5. The highest BCUT2D eigenvalue weighted by Crippen LogP contribution is 2.57. The molecule has 0 aliphatic carbocycles. The molecule has 0 spiro atoms. The molecule has 1 unspecified atom stereocenters. The smallest absolute Gasteiger partial charge is 0.383 e. The van der Waals surface area contributed by atoms with Crippen molar-refractivity contribution in [2.45, 2.75) is 33.7 Å². The highest BCUT2D eigenvalue weighted by Gasteiger charge is 2.32. The summed E-state index contributed by atoms with van der Waals surface area (Å²) >= 11 is 1.53. The number of aryl methyl sites for hydroxylation is 2. The second-order valence-electron chi connectivity index (χ2n) is 5.82. The first kappa shape index (κ1) is 22.3. The van der Waals surface area contributed by atoms with Crippen LogP contribution in [-0.2, 0) is 24.5 Å². The lowest BCUT2D eigenvalue weighted by atomic mass is 10.2. The van der Waals surface area contributed by atoms with Gasteiger partial charge in [-0.3, -0.25) is 4.52 Å². The molecule has 1 aromatic heterocycles. The molecule has 152 valence electrons. The minimum Gasteiger partial charge on any atom is -0.383 e. The molecule has 11 nitrogen and oxygen atoms in total.